The number of carbonyl (C=O) groups excluding carboxylic acids is 2. The van der Waals surface area contributed by atoms with E-state index in [1.54, 1.807) is 6.92 Å². The lowest BCUT2D eigenvalue weighted by Gasteiger charge is -2.13. The molecule has 0 spiro atoms. The second-order valence-corrected chi connectivity index (χ2v) is 7.60. The van der Waals surface area contributed by atoms with Crippen molar-refractivity contribution in [3.05, 3.63) is 54.0 Å². The molecule has 146 valence electrons. The number of nitrogens with one attached hydrogen (secondary N) is 2. The molecule has 10 nitrogen and oxygen atoms in total. The summed E-state index contributed by atoms with van der Waals surface area (Å²) in [5.74, 6) is -1.13. The van der Waals surface area contributed by atoms with Crippen LogP contribution < -0.4 is 10.0 Å². The summed E-state index contributed by atoms with van der Waals surface area (Å²) >= 11 is 0. The Morgan fingerprint density at radius 3 is 2.36 bits per heavy atom. The molecule has 1 aromatic heterocycles. The second kappa shape index (κ2) is 7.74. The molecule has 1 aromatic carbocycles. The van der Waals surface area contributed by atoms with Gasteiger partial charge in [-0.2, -0.15) is 0 Å². The monoisotopic (exact) mass is 403 g/mol. The van der Waals surface area contributed by atoms with E-state index >= 15 is 0 Å². The fraction of sp³-hybridized carbons (Fsp3) is 0.176. The normalized spacial score (nSPS) is 14.2. The number of nitrogens with zero attached hydrogens (tertiary/aromatic N) is 3. The first-order chi connectivity index (χ1) is 13.3. The molecule has 3 N–H and O–H groups in total. The Balaban J connectivity index is 1.71. The smallest absolute Gasteiger partial charge is 0.277 e. The van der Waals surface area contributed by atoms with Crippen LogP contribution in [0.4, 0.5) is 11.6 Å². The number of benzene rings is 1. The van der Waals surface area contributed by atoms with E-state index in [1.807, 2.05) is 0 Å². The fourth-order valence-electron chi connectivity index (χ4n) is 2.41. The molecule has 0 atom stereocenters. The molecule has 0 fully saturated rings. The summed E-state index contributed by atoms with van der Waals surface area (Å²) in [7, 11) is -3.88. The highest BCUT2D eigenvalue weighted by Crippen LogP contribution is 2.20. The number of imide groups is 1. The zero-order valence-corrected chi connectivity index (χ0v) is 15.6. The lowest BCUT2D eigenvalue weighted by molar-refractivity contribution is -0.137. The predicted octanol–water partition coefficient (Wildman–Crippen LogP) is 0.243. The number of aryl methyl sites for hydroxylation is 1. The van der Waals surface area contributed by atoms with Gasteiger partial charge in [-0.05, 0) is 36.8 Å². The molecule has 0 unspecified atom stereocenters. The zero-order chi connectivity index (χ0) is 20.3. The van der Waals surface area contributed by atoms with Gasteiger partial charge in [-0.1, -0.05) is 0 Å². The van der Waals surface area contributed by atoms with Crippen molar-refractivity contribution in [3.63, 3.8) is 0 Å². The van der Waals surface area contributed by atoms with Crippen LogP contribution in [-0.4, -0.2) is 53.4 Å². The maximum absolute atomic E-state index is 12.4. The molecule has 28 heavy (non-hydrogen) atoms. The first-order valence-corrected chi connectivity index (χ1v) is 9.65. The van der Waals surface area contributed by atoms with Crippen LogP contribution in [0.15, 0.2) is 53.3 Å². The number of aliphatic hydroxyl groups is 1. The minimum Gasteiger partial charge on any atom is -0.395 e. The van der Waals surface area contributed by atoms with Crippen LogP contribution >= 0.6 is 0 Å². The van der Waals surface area contributed by atoms with Crippen molar-refractivity contribution in [1.29, 1.82) is 0 Å². The molecule has 2 aromatic rings. The SMILES string of the molecule is Cc1cnc(NS(=O)(=O)c2ccc(NC3=CC(=O)N(CCO)C3=O)cc2)nc1. The number of sulfonamides is 1. The van der Waals surface area contributed by atoms with Crippen LogP contribution in [0.2, 0.25) is 0 Å². The molecule has 11 heteroatoms. The highest BCUT2D eigenvalue weighted by Gasteiger charge is 2.30. The number of anilines is 2. The van der Waals surface area contributed by atoms with Gasteiger partial charge >= 0.3 is 0 Å². The van der Waals surface area contributed by atoms with Gasteiger partial charge in [0.05, 0.1) is 18.0 Å². The van der Waals surface area contributed by atoms with Gasteiger partial charge in [-0.25, -0.2) is 23.1 Å². The van der Waals surface area contributed by atoms with Gasteiger partial charge in [-0.3, -0.25) is 14.5 Å². The molecular weight excluding hydrogens is 386 g/mol. The van der Waals surface area contributed by atoms with Crippen LogP contribution in [0.5, 0.6) is 0 Å². The first-order valence-electron chi connectivity index (χ1n) is 8.17. The van der Waals surface area contributed by atoms with E-state index in [1.165, 1.54) is 36.7 Å². The number of β-amino-alcohol motifs (C(OH)–C–C–N with tert-alkyl or cyclic N) is 1. The highest BCUT2D eigenvalue weighted by atomic mass is 32.2. The maximum Gasteiger partial charge on any atom is 0.277 e. The van der Waals surface area contributed by atoms with E-state index in [-0.39, 0.29) is 29.7 Å². The van der Waals surface area contributed by atoms with Crippen LogP contribution in [0.1, 0.15) is 5.56 Å². The molecule has 0 radical (unpaired) electrons. The second-order valence-electron chi connectivity index (χ2n) is 5.92. The van der Waals surface area contributed by atoms with E-state index in [0.717, 1.165) is 16.5 Å². The van der Waals surface area contributed by atoms with Gasteiger partial charge in [-0.15, -0.1) is 0 Å². The average molecular weight is 403 g/mol. The van der Waals surface area contributed by atoms with Crippen molar-refractivity contribution in [2.45, 2.75) is 11.8 Å². The summed E-state index contributed by atoms with van der Waals surface area (Å²) in [6, 6.07) is 5.59. The lowest BCUT2D eigenvalue weighted by Crippen LogP contribution is -2.34. The van der Waals surface area contributed by atoms with Crippen LogP contribution in [0, 0.1) is 6.92 Å². The average Bonchev–Trinajstić information content (AvgIpc) is 2.92. The van der Waals surface area contributed by atoms with Gasteiger partial charge in [0.15, 0.2) is 0 Å². The third kappa shape index (κ3) is 4.15. The molecular formula is C17H17N5O5S. The van der Waals surface area contributed by atoms with Crippen molar-refractivity contribution in [1.82, 2.24) is 14.9 Å². The maximum atomic E-state index is 12.4. The predicted molar refractivity (Wildman–Crippen MR) is 99.5 cm³/mol. The largest absolute Gasteiger partial charge is 0.395 e. The van der Waals surface area contributed by atoms with Gasteiger partial charge < -0.3 is 10.4 Å². The molecule has 0 saturated heterocycles. The Labute approximate surface area is 161 Å². The first kappa shape index (κ1) is 19.5. The number of rotatable bonds is 7. The minimum atomic E-state index is -3.88. The molecule has 2 heterocycles. The number of hydrogen-bond donors (Lipinski definition) is 3. The van der Waals surface area contributed by atoms with E-state index in [4.69, 9.17) is 5.11 Å². The molecule has 2 amide bonds. The summed E-state index contributed by atoms with van der Waals surface area (Å²) in [5.41, 5.74) is 1.26. The fourth-order valence-corrected chi connectivity index (χ4v) is 3.37. The quantitative estimate of drug-likeness (QED) is 0.558. The van der Waals surface area contributed by atoms with Gasteiger partial charge in [0.25, 0.3) is 21.8 Å². The zero-order valence-electron chi connectivity index (χ0n) is 14.8. The van der Waals surface area contributed by atoms with Crippen LogP contribution in [-0.2, 0) is 19.6 Å². The number of aromatic nitrogens is 2. The summed E-state index contributed by atoms with van der Waals surface area (Å²) in [6.07, 6.45) is 4.11. The van der Waals surface area contributed by atoms with Crippen molar-refractivity contribution in [2.24, 2.45) is 0 Å². The van der Waals surface area contributed by atoms with E-state index < -0.39 is 21.8 Å². The van der Waals surface area contributed by atoms with Gasteiger partial charge in [0.1, 0.15) is 5.70 Å². The third-order valence-corrected chi connectivity index (χ3v) is 5.13. The molecule has 0 aliphatic carbocycles. The third-order valence-electron chi connectivity index (χ3n) is 3.78. The van der Waals surface area contributed by atoms with Gasteiger partial charge in [0, 0.05) is 24.2 Å². The molecule has 3 rings (SSSR count). The summed E-state index contributed by atoms with van der Waals surface area (Å²) in [5, 5.41) is 11.7. The Morgan fingerprint density at radius 2 is 1.75 bits per heavy atom. The lowest BCUT2D eigenvalue weighted by atomic mass is 10.3. The Hall–Kier alpha value is -3.31. The van der Waals surface area contributed by atoms with Crippen LogP contribution in [0.25, 0.3) is 0 Å². The van der Waals surface area contributed by atoms with Gasteiger partial charge in [0.2, 0.25) is 5.95 Å². The minimum absolute atomic E-state index is 0.0214. The molecule has 0 bridgehead atoms. The summed E-state index contributed by atoms with van der Waals surface area (Å²) in [4.78, 5) is 32.5. The number of aliphatic hydroxyl groups excluding tert-OH is 1. The number of hydrogen-bond acceptors (Lipinski definition) is 8. The topological polar surface area (TPSA) is 142 Å². The number of amides is 2. The van der Waals surface area contributed by atoms with E-state index in [0.29, 0.717) is 5.69 Å². The van der Waals surface area contributed by atoms with Crippen molar-refractivity contribution in [3.8, 4) is 0 Å². The molecule has 1 aliphatic heterocycles. The van der Waals surface area contributed by atoms with E-state index in [2.05, 4.69) is 20.0 Å². The summed E-state index contributed by atoms with van der Waals surface area (Å²) < 4.78 is 27.1. The highest BCUT2D eigenvalue weighted by molar-refractivity contribution is 7.92. The Morgan fingerprint density at radius 1 is 1.11 bits per heavy atom. The standard InChI is InChI=1S/C17H17N5O5S/c1-11-9-18-17(19-10-11)21-28(26,27)13-4-2-12(3-5-13)20-14-8-15(24)22(6-7-23)16(14)25/h2-5,8-10,20,23H,6-7H2,1H3,(H,18,19,21). The van der Waals surface area contributed by atoms with E-state index in [9.17, 15) is 18.0 Å². The van der Waals surface area contributed by atoms with Crippen molar-refractivity contribution in [2.75, 3.05) is 23.2 Å². The molecule has 1 aliphatic rings. The number of carbonyl (C=O) groups is 2. The van der Waals surface area contributed by atoms with Crippen LogP contribution in [0.3, 0.4) is 0 Å². The Bertz CT molecular complexity index is 1030. The summed E-state index contributed by atoms with van der Waals surface area (Å²) in [6.45, 7) is 1.36. The Kier molecular flexibility index (Phi) is 5.38. The molecule has 0 saturated carbocycles. The van der Waals surface area contributed by atoms with Crippen molar-refractivity contribution >= 4 is 33.5 Å². The van der Waals surface area contributed by atoms with Crippen molar-refractivity contribution < 1.29 is 23.1 Å².